The van der Waals surface area contributed by atoms with Gasteiger partial charge in [0.05, 0.1) is 23.8 Å². The Kier molecular flexibility index (Phi) is 8.48. The van der Waals surface area contributed by atoms with Crippen molar-refractivity contribution in [3.63, 3.8) is 0 Å². The van der Waals surface area contributed by atoms with Crippen LogP contribution in [0.4, 0.5) is 40.9 Å². The molecular formula is C34H32F8N6O4. The lowest BCUT2D eigenvalue weighted by atomic mass is 9.98. The maximum atomic E-state index is 17.0. The largest absolute Gasteiger partial charge is 0.573 e. The highest BCUT2D eigenvalue weighted by molar-refractivity contribution is 6.04. The molecule has 2 unspecified atom stereocenters. The van der Waals surface area contributed by atoms with Gasteiger partial charge in [0, 0.05) is 61.7 Å². The van der Waals surface area contributed by atoms with E-state index in [1.165, 1.54) is 0 Å². The minimum atomic E-state index is -5.29. The number of likely N-dealkylation sites (tertiary alicyclic amines) is 1. The average Bonchev–Trinajstić information content (AvgIpc) is 3.75. The van der Waals surface area contributed by atoms with Crippen LogP contribution in [0, 0.1) is 17.0 Å². The summed E-state index contributed by atoms with van der Waals surface area (Å²) in [6.45, 7) is 2.84. The molecule has 1 saturated carbocycles. The van der Waals surface area contributed by atoms with Crippen molar-refractivity contribution in [1.29, 1.82) is 0 Å². The number of hydrogen-bond acceptors (Lipinski definition) is 10. The maximum Gasteiger partial charge on any atom is 0.573 e. The normalized spacial score (nSPS) is 21.7. The monoisotopic (exact) mass is 740 g/mol. The van der Waals surface area contributed by atoms with E-state index in [0.29, 0.717) is 62.5 Å². The topological polar surface area (TPSA) is 105 Å². The lowest BCUT2D eigenvalue weighted by Crippen LogP contribution is -2.51. The molecule has 52 heavy (non-hydrogen) atoms. The van der Waals surface area contributed by atoms with Crippen LogP contribution in [0.15, 0.2) is 24.3 Å². The van der Waals surface area contributed by atoms with E-state index < -0.39 is 53.0 Å². The zero-order chi connectivity index (χ0) is 36.6. The van der Waals surface area contributed by atoms with Crippen molar-refractivity contribution < 1.29 is 54.4 Å². The zero-order valence-electron chi connectivity index (χ0n) is 27.4. The summed E-state index contributed by atoms with van der Waals surface area (Å²) in [5.41, 5.74) is -1.06. The molecule has 0 amide bonds. The van der Waals surface area contributed by atoms with Gasteiger partial charge in [-0.25, -0.2) is 13.8 Å². The standard InChI is InChI=1S/C34H32F8N6O4/c35-22-3-1-17-11-19(49)12-21(24(17)29(22)52-34(40,41)42)27-26(36)28-25-23(44-27)4-2-18-13-43-8-10-48(18)30(25)46-31(45-28)50-16-32(6-7-32)15-47-9-5-20(14-47)51-33(37,38)39/h1,3,11-12,18,20,43,49H,2,4-10,13-16H2. The molecule has 0 radical (unpaired) electrons. The number of aryl methyl sites for hydroxylation is 1. The van der Waals surface area contributed by atoms with Crippen LogP contribution >= 0.6 is 0 Å². The number of nitrogens with one attached hydrogen (secondary N) is 1. The first-order chi connectivity index (χ1) is 24.7. The Balaban J connectivity index is 1.20. The van der Waals surface area contributed by atoms with E-state index in [2.05, 4.69) is 24.8 Å². The van der Waals surface area contributed by atoms with Crippen LogP contribution in [0.3, 0.4) is 0 Å². The Hall–Kier alpha value is -4.29. The number of halogens is 8. The molecule has 2 saturated heterocycles. The van der Waals surface area contributed by atoms with Gasteiger partial charge in [-0.3, -0.25) is 9.64 Å². The van der Waals surface area contributed by atoms with Crippen molar-refractivity contribution in [2.24, 2.45) is 5.41 Å². The van der Waals surface area contributed by atoms with Crippen LogP contribution in [0.2, 0.25) is 0 Å². The van der Waals surface area contributed by atoms with Crippen LogP contribution < -0.4 is 19.7 Å². The van der Waals surface area contributed by atoms with Gasteiger partial charge in [-0.15, -0.1) is 26.3 Å². The van der Waals surface area contributed by atoms with E-state index in [1.54, 1.807) is 0 Å². The summed E-state index contributed by atoms with van der Waals surface area (Å²) in [6.07, 6.45) is -8.37. The number of aromatic hydroxyl groups is 1. The van der Waals surface area contributed by atoms with Gasteiger partial charge in [-0.1, -0.05) is 6.07 Å². The molecule has 2 atom stereocenters. The van der Waals surface area contributed by atoms with Gasteiger partial charge in [-0.05, 0) is 55.7 Å². The summed E-state index contributed by atoms with van der Waals surface area (Å²) in [6, 6.07) is 3.76. The predicted octanol–water partition coefficient (Wildman–Crippen LogP) is 6.22. The number of hydrogen-bond donors (Lipinski definition) is 2. The highest BCUT2D eigenvalue weighted by Gasteiger charge is 2.47. The van der Waals surface area contributed by atoms with E-state index in [1.807, 2.05) is 9.80 Å². The van der Waals surface area contributed by atoms with Crippen molar-refractivity contribution in [3.05, 3.63) is 41.6 Å². The SMILES string of the molecule is Oc1cc(-c2nc3c4c(nc(OCC5(CN6CCC(OC(F)(F)F)C6)CC5)nc4c2F)N2CCNCC2CC3)c2c(OC(F)(F)F)c(F)ccc2c1. The van der Waals surface area contributed by atoms with Gasteiger partial charge in [-0.2, -0.15) is 9.97 Å². The average molecular weight is 741 g/mol. The van der Waals surface area contributed by atoms with E-state index in [0.717, 1.165) is 37.1 Å². The Morgan fingerprint density at radius 2 is 1.77 bits per heavy atom. The van der Waals surface area contributed by atoms with Crippen LogP contribution in [0.1, 0.15) is 31.4 Å². The molecule has 10 nitrogen and oxygen atoms in total. The molecule has 3 aliphatic heterocycles. The van der Waals surface area contributed by atoms with Gasteiger partial charge in [0.2, 0.25) is 0 Å². The molecule has 2 N–H and O–H groups in total. The van der Waals surface area contributed by atoms with Crippen molar-refractivity contribution in [3.8, 4) is 28.8 Å². The van der Waals surface area contributed by atoms with Gasteiger partial charge in [0.15, 0.2) is 17.4 Å². The lowest BCUT2D eigenvalue weighted by molar-refractivity contribution is -0.340. The number of piperazine rings is 1. The number of phenols is 1. The number of anilines is 1. The predicted molar refractivity (Wildman–Crippen MR) is 170 cm³/mol. The summed E-state index contributed by atoms with van der Waals surface area (Å²) in [7, 11) is 0. The van der Waals surface area contributed by atoms with Crippen LogP contribution in [-0.2, 0) is 11.2 Å². The number of alkyl halides is 6. The number of pyridine rings is 1. The quantitative estimate of drug-likeness (QED) is 0.203. The second kappa shape index (κ2) is 12.7. The minimum Gasteiger partial charge on any atom is -0.508 e. The molecule has 4 aliphatic rings. The molecule has 4 aromatic rings. The summed E-state index contributed by atoms with van der Waals surface area (Å²) < 4.78 is 125. The molecule has 0 bridgehead atoms. The molecule has 2 aromatic heterocycles. The maximum absolute atomic E-state index is 17.0. The first-order valence-corrected chi connectivity index (χ1v) is 16.8. The van der Waals surface area contributed by atoms with Crippen molar-refractivity contribution >= 4 is 27.5 Å². The van der Waals surface area contributed by atoms with Crippen LogP contribution in [0.5, 0.6) is 17.5 Å². The molecule has 5 heterocycles. The fraction of sp³-hybridized carbons (Fsp3) is 0.500. The van der Waals surface area contributed by atoms with E-state index >= 15 is 4.39 Å². The van der Waals surface area contributed by atoms with Gasteiger partial charge in [0.25, 0.3) is 0 Å². The van der Waals surface area contributed by atoms with Crippen molar-refractivity contribution in [2.45, 2.75) is 57.0 Å². The molecule has 3 fully saturated rings. The number of fused-ring (bicyclic) bond motifs is 3. The first-order valence-electron chi connectivity index (χ1n) is 16.8. The van der Waals surface area contributed by atoms with Crippen LogP contribution in [0.25, 0.3) is 32.9 Å². The first kappa shape index (κ1) is 34.8. The molecular weight excluding hydrogens is 708 g/mol. The third-order valence-corrected chi connectivity index (χ3v) is 10.2. The van der Waals surface area contributed by atoms with Gasteiger partial charge < -0.3 is 24.8 Å². The number of nitrogens with zero attached hydrogens (tertiary/aromatic N) is 5. The number of rotatable bonds is 8. The fourth-order valence-electron chi connectivity index (χ4n) is 7.67. The lowest BCUT2D eigenvalue weighted by Gasteiger charge is -2.36. The summed E-state index contributed by atoms with van der Waals surface area (Å²) in [5.74, 6) is -3.66. The van der Waals surface area contributed by atoms with Crippen molar-refractivity contribution in [2.75, 3.05) is 50.8 Å². The second-order valence-corrected chi connectivity index (χ2v) is 13.9. The number of ether oxygens (including phenoxy) is 3. The van der Waals surface area contributed by atoms with E-state index in [9.17, 15) is 35.8 Å². The number of aromatic nitrogens is 3. The van der Waals surface area contributed by atoms with E-state index in [4.69, 9.17) is 9.72 Å². The third-order valence-electron chi connectivity index (χ3n) is 10.2. The van der Waals surface area contributed by atoms with Crippen molar-refractivity contribution in [1.82, 2.24) is 25.2 Å². The minimum absolute atomic E-state index is 0.0533. The molecule has 2 aromatic carbocycles. The highest BCUT2D eigenvalue weighted by Crippen LogP contribution is 2.48. The molecule has 18 heteroatoms. The number of phenolic OH excluding ortho intramolecular Hbond substituents is 1. The van der Waals surface area contributed by atoms with Gasteiger partial charge in [0.1, 0.15) is 22.8 Å². The van der Waals surface area contributed by atoms with E-state index in [-0.39, 0.29) is 53.5 Å². The second-order valence-electron chi connectivity index (χ2n) is 13.9. The fourth-order valence-corrected chi connectivity index (χ4v) is 7.67. The third kappa shape index (κ3) is 6.82. The van der Waals surface area contributed by atoms with Crippen LogP contribution in [-0.4, -0.2) is 95.7 Å². The smallest absolute Gasteiger partial charge is 0.508 e. The molecule has 0 spiro atoms. The number of benzene rings is 2. The zero-order valence-corrected chi connectivity index (χ0v) is 27.4. The Morgan fingerprint density at radius 1 is 0.962 bits per heavy atom. The summed E-state index contributed by atoms with van der Waals surface area (Å²) in [5, 5.41) is 13.7. The Labute approximate surface area is 290 Å². The molecule has 8 rings (SSSR count). The molecule has 1 aliphatic carbocycles. The Morgan fingerprint density at radius 3 is 2.52 bits per heavy atom. The van der Waals surface area contributed by atoms with Gasteiger partial charge >= 0.3 is 18.7 Å². The summed E-state index contributed by atoms with van der Waals surface area (Å²) >= 11 is 0. The Bertz CT molecular complexity index is 2040. The highest BCUT2D eigenvalue weighted by atomic mass is 19.4. The summed E-state index contributed by atoms with van der Waals surface area (Å²) in [4.78, 5) is 17.7. The molecule has 278 valence electrons.